The van der Waals surface area contributed by atoms with Crippen LogP contribution in [0.2, 0.25) is 0 Å². The number of hydrogen-bond acceptors (Lipinski definition) is 2. The first-order valence-electron chi connectivity index (χ1n) is 13.1. The van der Waals surface area contributed by atoms with Crippen molar-refractivity contribution in [2.75, 3.05) is 0 Å². The lowest BCUT2D eigenvalue weighted by Gasteiger charge is -2.59. The second-order valence-corrected chi connectivity index (χ2v) is 12.9. The lowest BCUT2D eigenvalue weighted by atomic mass is 9.44. The highest BCUT2D eigenvalue weighted by atomic mass is 16.6. The fraction of sp³-hybridized carbons (Fsp3) is 1.00. The van der Waals surface area contributed by atoms with Crippen molar-refractivity contribution >= 4 is 0 Å². The van der Waals surface area contributed by atoms with Gasteiger partial charge in [0.1, 0.15) is 0 Å². The Labute approximate surface area is 179 Å². The minimum Gasteiger partial charge on any atom is -0.393 e. The van der Waals surface area contributed by atoms with Crippen molar-refractivity contribution in [1.29, 1.82) is 0 Å². The lowest BCUT2D eigenvalue weighted by molar-refractivity contribution is -0.115. The van der Waals surface area contributed by atoms with Crippen molar-refractivity contribution < 1.29 is 9.84 Å². The Hall–Kier alpha value is -0.0800. The van der Waals surface area contributed by atoms with Crippen LogP contribution in [0.1, 0.15) is 98.8 Å². The number of hydrogen-bond donors (Lipinski definition) is 1. The van der Waals surface area contributed by atoms with E-state index in [-0.39, 0.29) is 6.10 Å². The van der Waals surface area contributed by atoms with Gasteiger partial charge in [-0.25, -0.2) is 0 Å². The van der Waals surface area contributed by atoms with Crippen molar-refractivity contribution in [3.63, 3.8) is 0 Å². The van der Waals surface area contributed by atoms with Gasteiger partial charge >= 0.3 is 0 Å². The van der Waals surface area contributed by atoms with Gasteiger partial charge in [-0.1, -0.05) is 53.9 Å². The summed E-state index contributed by atoms with van der Waals surface area (Å²) in [7, 11) is 0. The Bertz CT molecular complexity index is 616. The number of ether oxygens (including phenoxy) is 1. The molecule has 0 bridgehead atoms. The van der Waals surface area contributed by atoms with Crippen molar-refractivity contribution in [3.05, 3.63) is 0 Å². The molecule has 1 aliphatic heterocycles. The van der Waals surface area contributed by atoms with Crippen LogP contribution in [0, 0.1) is 52.3 Å². The molecule has 1 N–H and O–H groups in total. The van der Waals surface area contributed by atoms with Gasteiger partial charge in [-0.2, -0.15) is 0 Å². The molecule has 4 aliphatic carbocycles. The Morgan fingerprint density at radius 1 is 0.862 bits per heavy atom. The zero-order chi connectivity index (χ0) is 20.6. The van der Waals surface area contributed by atoms with Gasteiger partial charge in [0, 0.05) is 0 Å². The number of epoxide rings is 1. The van der Waals surface area contributed by atoms with E-state index in [4.69, 9.17) is 4.74 Å². The maximum atomic E-state index is 10.3. The van der Waals surface area contributed by atoms with Crippen LogP contribution in [0.5, 0.6) is 0 Å². The van der Waals surface area contributed by atoms with Crippen molar-refractivity contribution in [1.82, 2.24) is 0 Å². The normalized spacial score (nSPS) is 54.3. The lowest BCUT2D eigenvalue weighted by Crippen LogP contribution is -2.57. The molecule has 11 unspecified atom stereocenters. The van der Waals surface area contributed by atoms with E-state index in [0.717, 1.165) is 48.3 Å². The highest BCUT2D eigenvalue weighted by molar-refractivity contribution is 5.18. The minimum atomic E-state index is -0.0779. The molecular weight excluding hydrogens is 356 g/mol. The van der Waals surface area contributed by atoms with E-state index in [2.05, 4.69) is 34.6 Å². The highest BCUT2D eigenvalue weighted by Gasteiger charge is 2.70. The monoisotopic (exact) mass is 402 g/mol. The molecule has 1 saturated heterocycles. The highest BCUT2D eigenvalue weighted by Crippen LogP contribution is 2.71. The smallest absolute Gasteiger partial charge is 0.0879 e. The van der Waals surface area contributed by atoms with Gasteiger partial charge < -0.3 is 9.84 Å². The first-order valence-corrected chi connectivity index (χ1v) is 13.1. The van der Waals surface area contributed by atoms with E-state index in [1.807, 2.05) is 0 Å². The Morgan fingerprint density at radius 2 is 1.59 bits per heavy atom. The molecule has 1 heterocycles. The molecule has 0 aromatic rings. The van der Waals surface area contributed by atoms with Gasteiger partial charge in [-0.05, 0) is 97.2 Å². The topological polar surface area (TPSA) is 32.8 Å². The van der Waals surface area contributed by atoms with Crippen LogP contribution in [0.4, 0.5) is 0 Å². The summed E-state index contributed by atoms with van der Waals surface area (Å²) in [4.78, 5) is 0. The maximum Gasteiger partial charge on any atom is 0.0879 e. The Morgan fingerprint density at radius 3 is 2.34 bits per heavy atom. The molecule has 0 amide bonds. The fourth-order valence-corrected chi connectivity index (χ4v) is 9.53. The molecule has 4 saturated carbocycles. The van der Waals surface area contributed by atoms with Crippen LogP contribution >= 0.6 is 0 Å². The fourth-order valence-electron chi connectivity index (χ4n) is 9.53. The zero-order valence-corrected chi connectivity index (χ0v) is 19.7. The van der Waals surface area contributed by atoms with Crippen LogP contribution in [0.25, 0.3) is 0 Å². The molecule has 2 heteroatoms. The number of rotatable bonds is 5. The summed E-state index contributed by atoms with van der Waals surface area (Å²) < 4.78 is 6.46. The van der Waals surface area contributed by atoms with Crippen molar-refractivity contribution in [2.24, 2.45) is 52.3 Å². The molecule has 5 aliphatic rings. The van der Waals surface area contributed by atoms with E-state index in [1.54, 1.807) is 0 Å². The van der Waals surface area contributed by atoms with E-state index < -0.39 is 0 Å². The standard InChI is InChI=1S/C27H46O2/c1-16(2)7-6-8-17(3)19-9-10-20-23-21(12-14-26(19,20)4)27(5)13-11-18(28)15-22(27)24-25(23)29-24/h16-25,28H,6-15H2,1-5H3. The first kappa shape index (κ1) is 20.8. The molecule has 5 rings (SSSR count). The Balaban J connectivity index is 1.34. The predicted octanol–water partition coefficient (Wildman–Crippen LogP) is 6.46. The predicted molar refractivity (Wildman–Crippen MR) is 119 cm³/mol. The van der Waals surface area contributed by atoms with Gasteiger partial charge in [0.05, 0.1) is 18.3 Å². The van der Waals surface area contributed by atoms with Crippen molar-refractivity contribution in [3.8, 4) is 0 Å². The molecule has 0 aromatic carbocycles. The van der Waals surface area contributed by atoms with Gasteiger partial charge in [-0.3, -0.25) is 0 Å². The number of aliphatic hydroxyl groups excluding tert-OH is 1. The summed E-state index contributed by atoms with van der Waals surface area (Å²) in [5.74, 6) is 5.82. The summed E-state index contributed by atoms with van der Waals surface area (Å²) in [6.07, 6.45) is 14.2. The second kappa shape index (κ2) is 7.22. The van der Waals surface area contributed by atoms with Gasteiger partial charge in [-0.15, -0.1) is 0 Å². The average molecular weight is 403 g/mol. The van der Waals surface area contributed by atoms with E-state index in [9.17, 15) is 5.11 Å². The molecule has 5 fully saturated rings. The summed E-state index contributed by atoms with van der Waals surface area (Å²) in [6, 6.07) is 0. The van der Waals surface area contributed by atoms with E-state index >= 15 is 0 Å². The second-order valence-electron chi connectivity index (χ2n) is 12.9. The molecule has 0 radical (unpaired) electrons. The SMILES string of the molecule is CC(C)CCCC(C)C1CCC2C3C4OC4C4CC(O)CCC4(C)C3CCC12C. The van der Waals surface area contributed by atoms with Crippen LogP contribution in [-0.2, 0) is 4.74 Å². The van der Waals surface area contributed by atoms with Gasteiger partial charge in [0.2, 0.25) is 0 Å². The number of aliphatic hydroxyl groups is 1. The third-order valence-electron chi connectivity index (χ3n) is 11.1. The van der Waals surface area contributed by atoms with E-state index in [1.165, 1.54) is 51.4 Å². The quantitative estimate of drug-likeness (QED) is 0.536. The van der Waals surface area contributed by atoms with Crippen LogP contribution in [0.3, 0.4) is 0 Å². The summed E-state index contributed by atoms with van der Waals surface area (Å²) in [6.45, 7) is 12.6. The summed E-state index contributed by atoms with van der Waals surface area (Å²) in [5.41, 5.74) is 0.968. The molecule has 29 heavy (non-hydrogen) atoms. The third-order valence-corrected chi connectivity index (χ3v) is 11.1. The van der Waals surface area contributed by atoms with Crippen LogP contribution < -0.4 is 0 Å². The van der Waals surface area contributed by atoms with Gasteiger partial charge in [0.25, 0.3) is 0 Å². The third kappa shape index (κ3) is 3.17. The van der Waals surface area contributed by atoms with Crippen LogP contribution in [0.15, 0.2) is 0 Å². The Kier molecular flexibility index (Phi) is 5.18. The molecular formula is C27H46O2. The molecule has 2 nitrogen and oxygen atoms in total. The minimum absolute atomic E-state index is 0.0779. The average Bonchev–Trinajstić information content (AvgIpc) is 3.37. The summed E-state index contributed by atoms with van der Waals surface area (Å²) in [5, 5.41) is 10.3. The largest absolute Gasteiger partial charge is 0.393 e. The number of fused-ring (bicyclic) bond motifs is 8. The first-order chi connectivity index (χ1) is 13.8. The van der Waals surface area contributed by atoms with E-state index in [0.29, 0.717) is 29.0 Å². The molecule has 11 atom stereocenters. The van der Waals surface area contributed by atoms with Gasteiger partial charge in [0.15, 0.2) is 0 Å². The zero-order valence-electron chi connectivity index (χ0n) is 19.7. The maximum absolute atomic E-state index is 10.3. The molecule has 166 valence electrons. The molecule has 0 aromatic heterocycles. The summed E-state index contributed by atoms with van der Waals surface area (Å²) >= 11 is 0. The van der Waals surface area contributed by atoms with Crippen LogP contribution in [-0.4, -0.2) is 23.4 Å². The molecule has 0 spiro atoms. The van der Waals surface area contributed by atoms with Crippen molar-refractivity contribution in [2.45, 2.75) is 117 Å².